The Morgan fingerprint density at radius 3 is 2.53 bits per heavy atom. The van der Waals surface area contributed by atoms with E-state index in [1.165, 1.54) is 32.1 Å². The highest BCUT2D eigenvalue weighted by Gasteiger charge is 2.40. The third-order valence-corrected chi connectivity index (χ3v) is 5.78. The first-order valence-electron chi connectivity index (χ1n) is 8.14. The fourth-order valence-corrected chi connectivity index (χ4v) is 4.00. The zero-order valence-electron chi connectivity index (χ0n) is 12.7. The molecule has 3 heteroatoms. The van der Waals surface area contributed by atoms with E-state index < -0.39 is 0 Å². The van der Waals surface area contributed by atoms with E-state index in [1.54, 1.807) is 0 Å². The zero-order chi connectivity index (χ0) is 13.9. The molecule has 110 valence electrons. The molecule has 3 nitrogen and oxygen atoms in total. The fourth-order valence-electron chi connectivity index (χ4n) is 4.00. The predicted octanol–water partition coefficient (Wildman–Crippen LogP) is 2.79. The molecule has 2 atom stereocenters. The Labute approximate surface area is 117 Å². The van der Waals surface area contributed by atoms with Gasteiger partial charge in [-0.25, -0.2) is 0 Å². The molecule has 0 bridgehead atoms. The highest BCUT2D eigenvalue weighted by Crippen LogP contribution is 2.39. The molecular formula is C16H30N2O. The summed E-state index contributed by atoms with van der Waals surface area (Å²) >= 11 is 0. The number of nitrogens with zero attached hydrogens (tertiary/aromatic N) is 1. The number of carbonyl (C=O) groups excluding carboxylic acids is 1. The third-order valence-electron chi connectivity index (χ3n) is 5.78. The summed E-state index contributed by atoms with van der Waals surface area (Å²) in [6.45, 7) is 7.15. The van der Waals surface area contributed by atoms with Gasteiger partial charge in [0.1, 0.15) is 0 Å². The van der Waals surface area contributed by atoms with Gasteiger partial charge in [-0.2, -0.15) is 0 Å². The van der Waals surface area contributed by atoms with Crippen molar-refractivity contribution in [1.82, 2.24) is 4.90 Å². The molecule has 1 aliphatic heterocycles. The molecule has 0 radical (unpaired) electrons. The Morgan fingerprint density at radius 1 is 1.26 bits per heavy atom. The van der Waals surface area contributed by atoms with Crippen molar-refractivity contribution in [2.45, 2.75) is 58.8 Å². The van der Waals surface area contributed by atoms with Gasteiger partial charge in [0, 0.05) is 19.0 Å². The Bertz CT molecular complexity index is 312. The molecule has 2 unspecified atom stereocenters. The van der Waals surface area contributed by atoms with Crippen LogP contribution in [0.15, 0.2) is 0 Å². The van der Waals surface area contributed by atoms with E-state index in [0.29, 0.717) is 23.8 Å². The second kappa shape index (κ2) is 6.25. The van der Waals surface area contributed by atoms with Gasteiger partial charge in [0.25, 0.3) is 0 Å². The van der Waals surface area contributed by atoms with Crippen molar-refractivity contribution < 1.29 is 4.79 Å². The van der Waals surface area contributed by atoms with Crippen LogP contribution in [0.2, 0.25) is 0 Å². The number of hydrogen-bond donors (Lipinski definition) is 1. The minimum absolute atomic E-state index is 0.211. The number of carbonyl (C=O) groups is 1. The highest BCUT2D eigenvalue weighted by atomic mass is 16.2. The van der Waals surface area contributed by atoms with Crippen LogP contribution in [-0.4, -0.2) is 30.4 Å². The Kier molecular flexibility index (Phi) is 4.88. The zero-order valence-corrected chi connectivity index (χ0v) is 12.7. The van der Waals surface area contributed by atoms with Gasteiger partial charge in [0.2, 0.25) is 5.91 Å². The summed E-state index contributed by atoms with van der Waals surface area (Å²) < 4.78 is 0. The molecule has 1 amide bonds. The van der Waals surface area contributed by atoms with Gasteiger partial charge in [0.15, 0.2) is 0 Å². The van der Waals surface area contributed by atoms with E-state index in [0.717, 1.165) is 25.9 Å². The molecule has 1 saturated heterocycles. The molecule has 2 aliphatic rings. The van der Waals surface area contributed by atoms with Crippen LogP contribution in [0.1, 0.15) is 58.8 Å². The van der Waals surface area contributed by atoms with Gasteiger partial charge in [-0.15, -0.1) is 0 Å². The SMILES string of the molecule is CCC1(CC)CCN(C(=O)C2CCCCC2CN)C1. The van der Waals surface area contributed by atoms with Gasteiger partial charge < -0.3 is 10.6 Å². The maximum atomic E-state index is 12.8. The number of likely N-dealkylation sites (tertiary alicyclic amines) is 1. The van der Waals surface area contributed by atoms with Gasteiger partial charge in [0.05, 0.1) is 0 Å². The van der Waals surface area contributed by atoms with Crippen LogP contribution in [0.4, 0.5) is 0 Å². The molecule has 0 aromatic carbocycles. The lowest BCUT2D eigenvalue weighted by Gasteiger charge is -2.33. The number of nitrogens with two attached hydrogens (primary N) is 1. The van der Waals surface area contributed by atoms with Crippen LogP contribution in [0.5, 0.6) is 0 Å². The van der Waals surface area contributed by atoms with E-state index in [9.17, 15) is 4.79 Å². The smallest absolute Gasteiger partial charge is 0.226 e. The van der Waals surface area contributed by atoms with Crippen molar-refractivity contribution in [1.29, 1.82) is 0 Å². The molecular weight excluding hydrogens is 236 g/mol. The van der Waals surface area contributed by atoms with Crippen LogP contribution < -0.4 is 5.73 Å². The molecule has 0 spiro atoms. The number of rotatable bonds is 4. The molecule has 2 fully saturated rings. The lowest BCUT2D eigenvalue weighted by atomic mass is 9.78. The van der Waals surface area contributed by atoms with Crippen molar-refractivity contribution >= 4 is 5.91 Å². The topological polar surface area (TPSA) is 46.3 Å². The molecule has 19 heavy (non-hydrogen) atoms. The average molecular weight is 266 g/mol. The normalized spacial score (nSPS) is 30.6. The summed E-state index contributed by atoms with van der Waals surface area (Å²) in [6.07, 6.45) is 8.23. The first-order chi connectivity index (χ1) is 9.15. The molecule has 2 N–H and O–H groups in total. The third kappa shape index (κ3) is 2.96. The van der Waals surface area contributed by atoms with E-state index in [4.69, 9.17) is 5.73 Å². The lowest BCUT2D eigenvalue weighted by Crippen LogP contribution is -2.42. The Balaban J connectivity index is 2.00. The highest BCUT2D eigenvalue weighted by molar-refractivity contribution is 5.79. The molecule has 0 aromatic rings. The summed E-state index contributed by atoms with van der Waals surface area (Å²) in [6, 6.07) is 0. The first-order valence-corrected chi connectivity index (χ1v) is 8.14. The summed E-state index contributed by atoms with van der Waals surface area (Å²) in [5.74, 6) is 1.04. The average Bonchev–Trinajstić information content (AvgIpc) is 2.91. The van der Waals surface area contributed by atoms with E-state index in [1.807, 2.05) is 0 Å². The van der Waals surface area contributed by atoms with Crippen molar-refractivity contribution in [2.75, 3.05) is 19.6 Å². The van der Waals surface area contributed by atoms with Crippen molar-refractivity contribution in [3.8, 4) is 0 Å². The minimum Gasteiger partial charge on any atom is -0.342 e. The molecule has 0 aromatic heterocycles. The molecule has 1 saturated carbocycles. The minimum atomic E-state index is 0.211. The quantitative estimate of drug-likeness (QED) is 0.850. The summed E-state index contributed by atoms with van der Waals surface area (Å²) in [7, 11) is 0. The Morgan fingerprint density at radius 2 is 1.95 bits per heavy atom. The van der Waals surface area contributed by atoms with Crippen molar-refractivity contribution in [3.05, 3.63) is 0 Å². The van der Waals surface area contributed by atoms with Gasteiger partial charge in [-0.3, -0.25) is 4.79 Å². The largest absolute Gasteiger partial charge is 0.342 e. The molecule has 2 rings (SSSR count). The Hall–Kier alpha value is -0.570. The van der Waals surface area contributed by atoms with Crippen LogP contribution in [-0.2, 0) is 4.79 Å². The van der Waals surface area contributed by atoms with Crippen LogP contribution in [0, 0.1) is 17.3 Å². The summed E-state index contributed by atoms with van der Waals surface area (Å²) in [4.78, 5) is 14.9. The standard InChI is InChI=1S/C16H30N2O/c1-3-16(4-2)9-10-18(12-16)15(19)14-8-6-5-7-13(14)11-17/h13-14H,3-12,17H2,1-2H3. The van der Waals surface area contributed by atoms with Crippen molar-refractivity contribution in [2.24, 2.45) is 23.0 Å². The first kappa shape index (κ1) is 14.8. The van der Waals surface area contributed by atoms with E-state index in [2.05, 4.69) is 18.7 Å². The number of amides is 1. The maximum absolute atomic E-state index is 12.8. The van der Waals surface area contributed by atoms with Gasteiger partial charge in [-0.1, -0.05) is 26.7 Å². The van der Waals surface area contributed by atoms with E-state index in [-0.39, 0.29) is 5.92 Å². The number of hydrogen-bond acceptors (Lipinski definition) is 2. The van der Waals surface area contributed by atoms with Crippen LogP contribution in [0.3, 0.4) is 0 Å². The summed E-state index contributed by atoms with van der Waals surface area (Å²) in [5.41, 5.74) is 6.26. The van der Waals surface area contributed by atoms with Crippen LogP contribution >= 0.6 is 0 Å². The van der Waals surface area contributed by atoms with Crippen molar-refractivity contribution in [3.63, 3.8) is 0 Å². The fraction of sp³-hybridized carbons (Fsp3) is 0.938. The second-order valence-electron chi connectivity index (χ2n) is 6.60. The predicted molar refractivity (Wildman–Crippen MR) is 78.7 cm³/mol. The second-order valence-corrected chi connectivity index (χ2v) is 6.60. The lowest BCUT2D eigenvalue weighted by molar-refractivity contribution is -0.137. The maximum Gasteiger partial charge on any atom is 0.226 e. The van der Waals surface area contributed by atoms with Crippen LogP contribution in [0.25, 0.3) is 0 Å². The van der Waals surface area contributed by atoms with Gasteiger partial charge >= 0.3 is 0 Å². The molecule has 1 aliphatic carbocycles. The molecule has 1 heterocycles. The summed E-state index contributed by atoms with van der Waals surface area (Å²) in [5, 5.41) is 0. The van der Waals surface area contributed by atoms with E-state index >= 15 is 0 Å². The van der Waals surface area contributed by atoms with Gasteiger partial charge in [-0.05, 0) is 50.0 Å². The monoisotopic (exact) mass is 266 g/mol.